The molecule has 2 atom stereocenters. The molecule has 2 unspecified atom stereocenters. The van der Waals surface area contributed by atoms with Crippen molar-refractivity contribution in [3.05, 3.63) is 65.2 Å². The second kappa shape index (κ2) is 8.44. The Morgan fingerprint density at radius 3 is 2.50 bits per heavy atom. The quantitative estimate of drug-likeness (QED) is 0.694. The highest BCUT2D eigenvalue weighted by Gasteiger charge is 2.40. The molecule has 0 bridgehead atoms. The van der Waals surface area contributed by atoms with Gasteiger partial charge >= 0.3 is 6.09 Å². The number of carboxylic acid groups (broad SMARTS) is 1. The average Bonchev–Trinajstić information content (AvgIpc) is 2.65. The predicted octanol–water partition coefficient (Wildman–Crippen LogP) is 5.90. The Hall–Kier alpha value is -2.20. The maximum absolute atomic E-state index is 11.8. The van der Waals surface area contributed by atoms with Gasteiger partial charge in [-0.2, -0.15) is 0 Å². The fraction of sp³-hybridized carbons (Fsp3) is 0.435. The molecule has 150 valence electrons. The number of nitrogens with zero attached hydrogens (tertiary/aromatic N) is 2. The number of rotatable bonds is 4. The van der Waals surface area contributed by atoms with Gasteiger partial charge in [-0.15, -0.1) is 0 Å². The molecule has 1 amide bonds. The molecule has 0 saturated carbocycles. The molecule has 0 aromatic heterocycles. The molecule has 28 heavy (non-hydrogen) atoms. The highest BCUT2D eigenvalue weighted by molar-refractivity contribution is 6.30. The van der Waals surface area contributed by atoms with E-state index in [2.05, 4.69) is 43.9 Å². The van der Waals surface area contributed by atoms with Gasteiger partial charge in [-0.3, -0.25) is 0 Å². The Balaban J connectivity index is 1.91. The lowest BCUT2D eigenvalue weighted by Gasteiger charge is -2.48. The molecule has 5 heteroatoms. The van der Waals surface area contributed by atoms with Gasteiger partial charge in [-0.05, 0) is 48.1 Å². The SMILES string of the molecule is CC(C)(C)C1CC(N(Cc2cccc(Cl)c2)c2ccccc2)CCN1C(=O)O. The van der Waals surface area contributed by atoms with Crippen LogP contribution in [0.5, 0.6) is 0 Å². The van der Waals surface area contributed by atoms with Crippen LogP contribution in [0.4, 0.5) is 10.5 Å². The van der Waals surface area contributed by atoms with Crippen molar-refractivity contribution >= 4 is 23.4 Å². The Bertz CT molecular complexity index is 804. The van der Waals surface area contributed by atoms with Gasteiger partial charge in [0.05, 0.1) is 0 Å². The van der Waals surface area contributed by atoms with E-state index in [1.807, 2.05) is 36.4 Å². The van der Waals surface area contributed by atoms with Crippen LogP contribution >= 0.6 is 11.6 Å². The maximum atomic E-state index is 11.8. The zero-order valence-electron chi connectivity index (χ0n) is 16.8. The molecule has 1 aliphatic rings. The summed E-state index contributed by atoms with van der Waals surface area (Å²) in [6.45, 7) is 7.68. The third-order valence-electron chi connectivity index (χ3n) is 5.59. The van der Waals surface area contributed by atoms with E-state index in [1.165, 1.54) is 0 Å². The van der Waals surface area contributed by atoms with E-state index < -0.39 is 6.09 Å². The monoisotopic (exact) mass is 400 g/mol. The largest absolute Gasteiger partial charge is 0.465 e. The maximum Gasteiger partial charge on any atom is 0.407 e. The average molecular weight is 401 g/mol. The first-order valence-corrected chi connectivity index (χ1v) is 10.2. The molecule has 0 aliphatic carbocycles. The van der Waals surface area contributed by atoms with Crippen molar-refractivity contribution in [2.24, 2.45) is 5.41 Å². The van der Waals surface area contributed by atoms with Gasteiger partial charge in [0.25, 0.3) is 0 Å². The Morgan fingerprint density at radius 1 is 1.18 bits per heavy atom. The minimum atomic E-state index is -0.820. The van der Waals surface area contributed by atoms with E-state index in [1.54, 1.807) is 4.90 Å². The van der Waals surface area contributed by atoms with E-state index in [0.717, 1.165) is 35.7 Å². The number of benzene rings is 2. The molecular weight excluding hydrogens is 372 g/mol. The fourth-order valence-corrected chi connectivity index (χ4v) is 4.38. The molecule has 3 rings (SSSR count). The first-order chi connectivity index (χ1) is 13.3. The molecular formula is C23H29ClN2O2. The summed E-state index contributed by atoms with van der Waals surface area (Å²) in [6, 6.07) is 18.6. The molecule has 1 saturated heterocycles. The number of para-hydroxylation sites is 1. The first-order valence-electron chi connectivity index (χ1n) is 9.81. The number of amides is 1. The van der Waals surface area contributed by atoms with Gasteiger partial charge in [-0.25, -0.2) is 4.79 Å². The molecule has 4 nitrogen and oxygen atoms in total. The van der Waals surface area contributed by atoms with Crippen LogP contribution in [0.1, 0.15) is 39.2 Å². The molecule has 0 spiro atoms. The van der Waals surface area contributed by atoms with Gasteiger partial charge in [0.2, 0.25) is 0 Å². The Morgan fingerprint density at radius 2 is 1.89 bits per heavy atom. The smallest absolute Gasteiger partial charge is 0.407 e. The normalized spacial score (nSPS) is 20.1. The topological polar surface area (TPSA) is 43.8 Å². The standard InChI is InChI=1S/C23H29ClN2O2/c1-23(2,3)21-15-20(12-13-25(21)22(27)28)26(19-10-5-4-6-11-19)16-17-8-7-9-18(24)14-17/h4-11,14,20-21H,12-13,15-16H2,1-3H3,(H,27,28). The summed E-state index contributed by atoms with van der Waals surface area (Å²) in [5, 5.41) is 10.4. The van der Waals surface area contributed by atoms with Gasteiger partial charge in [0.15, 0.2) is 0 Å². The second-order valence-corrected chi connectivity index (χ2v) is 9.07. The van der Waals surface area contributed by atoms with Gasteiger partial charge in [0, 0.05) is 35.9 Å². The molecule has 1 aliphatic heterocycles. The summed E-state index contributed by atoms with van der Waals surface area (Å²) in [4.78, 5) is 15.8. The molecule has 1 fully saturated rings. The fourth-order valence-electron chi connectivity index (χ4n) is 4.16. The van der Waals surface area contributed by atoms with Crippen LogP contribution in [0.2, 0.25) is 5.02 Å². The van der Waals surface area contributed by atoms with E-state index in [9.17, 15) is 9.90 Å². The van der Waals surface area contributed by atoms with Crippen LogP contribution in [0.15, 0.2) is 54.6 Å². The van der Waals surface area contributed by atoms with Crippen LogP contribution in [0.3, 0.4) is 0 Å². The summed E-state index contributed by atoms with van der Waals surface area (Å²) >= 11 is 6.21. The van der Waals surface area contributed by atoms with Gasteiger partial charge < -0.3 is 14.9 Å². The summed E-state index contributed by atoms with van der Waals surface area (Å²) < 4.78 is 0. The van der Waals surface area contributed by atoms with Crippen molar-refractivity contribution in [1.29, 1.82) is 0 Å². The number of likely N-dealkylation sites (tertiary alicyclic amines) is 1. The van der Waals surface area contributed by atoms with Crippen LogP contribution in [0, 0.1) is 5.41 Å². The Kier molecular flexibility index (Phi) is 6.19. The molecule has 0 radical (unpaired) electrons. The third-order valence-corrected chi connectivity index (χ3v) is 5.83. The van der Waals surface area contributed by atoms with Crippen molar-refractivity contribution in [3.63, 3.8) is 0 Å². The lowest BCUT2D eigenvalue weighted by atomic mass is 9.78. The molecule has 2 aromatic rings. The zero-order chi connectivity index (χ0) is 20.3. The van der Waals surface area contributed by atoms with E-state index in [4.69, 9.17) is 11.6 Å². The van der Waals surface area contributed by atoms with E-state index in [-0.39, 0.29) is 17.5 Å². The Labute approximate surface area is 172 Å². The number of piperidine rings is 1. The van der Waals surface area contributed by atoms with Gasteiger partial charge in [-0.1, -0.05) is 62.7 Å². The first kappa shape index (κ1) is 20.5. The van der Waals surface area contributed by atoms with Crippen LogP contribution in [0.25, 0.3) is 0 Å². The number of hydrogen-bond donors (Lipinski definition) is 1. The van der Waals surface area contributed by atoms with Crippen molar-refractivity contribution in [2.45, 2.75) is 52.2 Å². The minimum absolute atomic E-state index is 0.0191. The number of anilines is 1. The zero-order valence-corrected chi connectivity index (χ0v) is 17.6. The van der Waals surface area contributed by atoms with E-state index >= 15 is 0 Å². The van der Waals surface area contributed by atoms with Crippen molar-refractivity contribution < 1.29 is 9.90 Å². The number of hydrogen-bond acceptors (Lipinski definition) is 2. The second-order valence-electron chi connectivity index (χ2n) is 8.63. The summed E-state index contributed by atoms with van der Waals surface area (Å²) in [6.07, 6.45) is 0.805. The van der Waals surface area contributed by atoms with Crippen LogP contribution < -0.4 is 4.90 Å². The molecule has 1 N–H and O–H groups in total. The highest BCUT2D eigenvalue weighted by Crippen LogP contribution is 2.36. The third kappa shape index (κ3) is 4.79. The lowest BCUT2D eigenvalue weighted by molar-refractivity contribution is 0.0520. The molecule has 1 heterocycles. The predicted molar refractivity (Wildman–Crippen MR) is 115 cm³/mol. The van der Waals surface area contributed by atoms with Crippen molar-refractivity contribution in [2.75, 3.05) is 11.4 Å². The van der Waals surface area contributed by atoms with Crippen molar-refractivity contribution in [1.82, 2.24) is 4.90 Å². The van der Waals surface area contributed by atoms with Gasteiger partial charge in [0.1, 0.15) is 0 Å². The van der Waals surface area contributed by atoms with Crippen LogP contribution in [-0.4, -0.2) is 34.7 Å². The minimum Gasteiger partial charge on any atom is -0.465 e. The van der Waals surface area contributed by atoms with E-state index in [0.29, 0.717) is 6.54 Å². The van der Waals surface area contributed by atoms with Crippen molar-refractivity contribution in [3.8, 4) is 0 Å². The lowest BCUT2D eigenvalue weighted by Crippen LogP contribution is -2.56. The summed E-state index contributed by atoms with van der Waals surface area (Å²) in [5.74, 6) is 0. The summed E-state index contributed by atoms with van der Waals surface area (Å²) in [5.41, 5.74) is 2.20. The molecule has 2 aromatic carbocycles. The summed E-state index contributed by atoms with van der Waals surface area (Å²) in [7, 11) is 0. The highest BCUT2D eigenvalue weighted by atomic mass is 35.5. The van der Waals surface area contributed by atoms with Crippen LogP contribution in [-0.2, 0) is 6.54 Å². The number of carbonyl (C=O) groups is 1. The number of halogens is 1.